The standard InChI is InChI=1S/C23H26N2O6/c1-2-14(26)12-24-22(29)20(11-21(27)28)25-23(30)31-13-19-17-9-5-3-7-15(17)16-8-4-6-10-18(16)19/h3-10,14,19-20,26H,2,11-13H2,1H3,(H,24,29)(H,25,30)(H,27,28). The quantitative estimate of drug-likeness (QED) is 0.487. The first-order chi connectivity index (χ1) is 14.9. The number of rotatable bonds is 9. The van der Waals surface area contributed by atoms with E-state index in [9.17, 15) is 19.5 Å². The van der Waals surface area contributed by atoms with Gasteiger partial charge in [0.2, 0.25) is 5.91 Å². The maximum absolute atomic E-state index is 12.4. The normalized spacial score (nSPS) is 14.1. The number of ether oxygens (including phenoxy) is 1. The molecule has 2 aromatic rings. The van der Waals surface area contributed by atoms with Crippen LogP contribution in [0.3, 0.4) is 0 Å². The summed E-state index contributed by atoms with van der Waals surface area (Å²) in [6.45, 7) is 1.77. The van der Waals surface area contributed by atoms with Crippen LogP contribution in [0.2, 0.25) is 0 Å². The van der Waals surface area contributed by atoms with Crippen LogP contribution in [-0.4, -0.2) is 53.5 Å². The van der Waals surface area contributed by atoms with E-state index in [4.69, 9.17) is 9.84 Å². The Morgan fingerprint density at radius 3 is 2.16 bits per heavy atom. The molecule has 0 saturated carbocycles. The van der Waals surface area contributed by atoms with Crippen LogP contribution >= 0.6 is 0 Å². The van der Waals surface area contributed by atoms with E-state index >= 15 is 0 Å². The molecule has 2 unspecified atom stereocenters. The summed E-state index contributed by atoms with van der Waals surface area (Å²) in [7, 11) is 0. The van der Waals surface area contributed by atoms with Gasteiger partial charge in [0, 0.05) is 12.5 Å². The molecule has 0 heterocycles. The predicted octanol–water partition coefficient (Wildman–Crippen LogP) is 2.26. The Hall–Kier alpha value is -3.39. The fourth-order valence-corrected chi connectivity index (χ4v) is 3.65. The largest absolute Gasteiger partial charge is 0.481 e. The number of carbonyl (C=O) groups excluding carboxylic acids is 2. The molecule has 2 amide bonds. The molecule has 0 fully saturated rings. The van der Waals surface area contributed by atoms with E-state index in [0.29, 0.717) is 6.42 Å². The lowest BCUT2D eigenvalue weighted by Crippen LogP contribution is -2.49. The molecule has 164 valence electrons. The van der Waals surface area contributed by atoms with Crippen molar-refractivity contribution in [3.8, 4) is 11.1 Å². The second-order valence-electron chi connectivity index (χ2n) is 7.43. The summed E-state index contributed by atoms with van der Waals surface area (Å²) in [4.78, 5) is 35.7. The van der Waals surface area contributed by atoms with Gasteiger partial charge in [-0.2, -0.15) is 0 Å². The lowest BCUT2D eigenvalue weighted by atomic mass is 9.98. The molecule has 31 heavy (non-hydrogen) atoms. The highest BCUT2D eigenvalue weighted by atomic mass is 16.5. The van der Waals surface area contributed by atoms with Crippen LogP contribution in [0.15, 0.2) is 48.5 Å². The summed E-state index contributed by atoms with van der Waals surface area (Å²) >= 11 is 0. The molecule has 0 aliphatic heterocycles. The second kappa shape index (κ2) is 10.1. The molecular formula is C23H26N2O6. The first-order valence-corrected chi connectivity index (χ1v) is 10.2. The fraction of sp³-hybridized carbons (Fsp3) is 0.348. The van der Waals surface area contributed by atoms with Crippen molar-refractivity contribution in [2.75, 3.05) is 13.2 Å². The van der Waals surface area contributed by atoms with Crippen LogP contribution in [0.5, 0.6) is 0 Å². The smallest absolute Gasteiger partial charge is 0.407 e. The van der Waals surface area contributed by atoms with E-state index in [1.54, 1.807) is 6.92 Å². The van der Waals surface area contributed by atoms with Gasteiger partial charge in [-0.1, -0.05) is 55.5 Å². The Balaban J connectivity index is 1.64. The van der Waals surface area contributed by atoms with E-state index in [-0.39, 0.29) is 19.1 Å². The van der Waals surface area contributed by atoms with Gasteiger partial charge in [0.25, 0.3) is 0 Å². The molecule has 3 rings (SSSR count). The Labute approximate surface area is 180 Å². The third-order valence-corrected chi connectivity index (χ3v) is 5.31. The summed E-state index contributed by atoms with van der Waals surface area (Å²) in [6.07, 6.45) is -1.79. The number of nitrogens with one attached hydrogen (secondary N) is 2. The maximum Gasteiger partial charge on any atom is 0.407 e. The van der Waals surface area contributed by atoms with E-state index < -0.39 is 36.5 Å². The summed E-state index contributed by atoms with van der Waals surface area (Å²) in [5.41, 5.74) is 4.27. The number of carboxylic acid groups (broad SMARTS) is 1. The summed E-state index contributed by atoms with van der Waals surface area (Å²) in [5, 5.41) is 23.4. The van der Waals surface area contributed by atoms with Gasteiger partial charge < -0.3 is 25.6 Å². The predicted molar refractivity (Wildman–Crippen MR) is 114 cm³/mol. The van der Waals surface area contributed by atoms with E-state index in [1.165, 1.54) is 0 Å². The molecule has 2 atom stereocenters. The van der Waals surface area contributed by atoms with E-state index in [2.05, 4.69) is 10.6 Å². The zero-order valence-electron chi connectivity index (χ0n) is 17.2. The highest BCUT2D eigenvalue weighted by molar-refractivity contribution is 5.89. The lowest BCUT2D eigenvalue weighted by Gasteiger charge is -2.19. The average molecular weight is 426 g/mol. The van der Waals surface area contributed by atoms with Gasteiger partial charge in [-0.3, -0.25) is 9.59 Å². The van der Waals surface area contributed by atoms with E-state index in [0.717, 1.165) is 22.3 Å². The third kappa shape index (κ3) is 5.40. The molecule has 4 N–H and O–H groups in total. The Morgan fingerprint density at radius 1 is 1.03 bits per heavy atom. The highest BCUT2D eigenvalue weighted by Crippen LogP contribution is 2.44. The van der Waals surface area contributed by atoms with Crippen LogP contribution in [0, 0.1) is 0 Å². The zero-order valence-corrected chi connectivity index (χ0v) is 17.2. The second-order valence-corrected chi connectivity index (χ2v) is 7.43. The summed E-state index contributed by atoms with van der Waals surface area (Å²) < 4.78 is 5.38. The number of benzene rings is 2. The molecule has 8 heteroatoms. The zero-order chi connectivity index (χ0) is 22.4. The van der Waals surface area contributed by atoms with Crippen molar-refractivity contribution < 1.29 is 29.3 Å². The van der Waals surface area contributed by atoms with Gasteiger partial charge in [-0.25, -0.2) is 4.79 Å². The number of aliphatic hydroxyl groups is 1. The third-order valence-electron chi connectivity index (χ3n) is 5.31. The van der Waals surface area contributed by atoms with Crippen molar-refractivity contribution in [1.82, 2.24) is 10.6 Å². The average Bonchev–Trinajstić information content (AvgIpc) is 3.08. The van der Waals surface area contributed by atoms with Crippen molar-refractivity contribution in [3.63, 3.8) is 0 Å². The first-order valence-electron chi connectivity index (χ1n) is 10.2. The van der Waals surface area contributed by atoms with Crippen molar-refractivity contribution in [2.45, 2.75) is 37.8 Å². The summed E-state index contributed by atoms with van der Waals surface area (Å²) in [6, 6.07) is 14.5. The number of carbonyl (C=O) groups is 3. The fourth-order valence-electron chi connectivity index (χ4n) is 3.65. The van der Waals surface area contributed by atoms with Gasteiger partial charge in [0.15, 0.2) is 0 Å². The molecule has 0 radical (unpaired) electrons. The maximum atomic E-state index is 12.4. The highest BCUT2D eigenvalue weighted by Gasteiger charge is 2.30. The van der Waals surface area contributed by atoms with Gasteiger partial charge in [0.1, 0.15) is 12.6 Å². The number of hydrogen-bond acceptors (Lipinski definition) is 5. The Morgan fingerprint density at radius 2 is 1.61 bits per heavy atom. The van der Waals surface area contributed by atoms with Crippen molar-refractivity contribution in [1.29, 1.82) is 0 Å². The van der Waals surface area contributed by atoms with E-state index in [1.807, 2.05) is 48.5 Å². The topological polar surface area (TPSA) is 125 Å². The lowest BCUT2D eigenvalue weighted by molar-refractivity contribution is -0.139. The minimum Gasteiger partial charge on any atom is -0.481 e. The van der Waals surface area contributed by atoms with Gasteiger partial charge in [-0.15, -0.1) is 0 Å². The molecule has 1 aliphatic rings. The molecular weight excluding hydrogens is 400 g/mol. The molecule has 0 aromatic heterocycles. The van der Waals surface area contributed by atoms with Crippen LogP contribution < -0.4 is 10.6 Å². The molecule has 0 spiro atoms. The monoisotopic (exact) mass is 426 g/mol. The first kappa shape index (κ1) is 22.3. The Bertz CT molecular complexity index is 915. The molecule has 2 aromatic carbocycles. The van der Waals surface area contributed by atoms with Crippen molar-refractivity contribution >= 4 is 18.0 Å². The molecule has 0 bridgehead atoms. The van der Waals surface area contributed by atoms with Crippen LogP contribution in [0.4, 0.5) is 4.79 Å². The van der Waals surface area contributed by atoms with Crippen LogP contribution in [0.25, 0.3) is 11.1 Å². The van der Waals surface area contributed by atoms with Gasteiger partial charge in [-0.05, 0) is 28.7 Å². The number of hydrogen-bond donors (Lipinski definition) is 4. The Kier molecular flexibility index (Phi) is 7.25. The number of fused-ring (bicyclic) bond motifs is 3. The van der Waals surface area contributed by atoms with Crippen molar-refractivity contribution in [2.24, 2.45) is 0 Å². The van der Waals surface area contributed by atoms with Crippen LogP contribution in [0.1, 0.15) is 36.8 Å². The number of alkyl carbamates (subject to hydrolysis) is 1. The number of amides is 2. The molecule has 8 nitrogen and oxygen atoms in total. The summed E-state index contributed by atoms with van der Waals surface area (Å²) in [5.74, 6) is -2.08. The number of aliphatic hydroxyl groups excluding tert-OH is 1. The minimum absolute atomic E-state index is 0.0299. The number of aliphatic carboxylic acids is 1. The van der Waals surface area contributed by atoms with Crippen molar-refractivity contribution in [3.05, 3.63) is 59.7 Å². The molecule has 1 aliphatic carbocycles. The van der Waals surface area contributed by atoms with Gasteiger partial charge >= 0.3 is 12.1 Å². The SMILES string of the molecule is CCC(O)CNC(=O)C(CC(=O)O)NC(=O)OCC1c2ccccc2-c2ccccc21. The number of carboxylic acids is 1. The molecule has 0 saturated heterocycles. The minimum atomic E-state index is -1.31. The van der Waals surface area contributed by atoms with Gasteiger partial charge in [0.05, 0.1) is 12.5 Å². The van der Waals surface area contributed by atoms with Crippen LogP contribution in [-0.2, 0) is 14.3 Å².